The van der Waals surface area contributed by atoms with Crippen molar-refractivity contribution >= 4 is 72.4 Å². The number of benzene rings is 9. The summed E-state index contributed by atoms with van der Waals surface area (Å²) < 4.78 is 4.97. The Morgan fingerprint density at radius 3 is 1.42 bits per heavy atom. The molecule has 0 N–H and O–H groups in total. The van der Waals surface area contributed by atoms with Crippen LogP contribution in [0.15, 0.2) is 218 Å². The molecule has 57 heavy (non-hydrogen) atoms. The topological polar surface area (TPSA) is 9.86 Å². The van der Waals surface area contributed by atoms with Crippen molar-refractivity contribution in [2.45, 2.75) is 0 Å². The number of rotatable bonds is 5. The first-order valence-corrected chi connectivity index (χ1v) is 21.8. The predicted molar refractivity (Wildman–Crippen MR) is 243 cm³/mol. The van der Waals surface area contributed by atoms with Crippen molar-refractivity contribution in [3.05, 3.63) is 218 Å². The van der Waals surface area contributed by atoms with E-state index in [1.165, 1.54) is 92.3 Å². The van der Waals surface area contributed by atoms with Gasteiger partial charge in [-0.2, -0.15) is 0 Å². The molecule has 2 aromatic heterocycles. The summed E-state index contributed by atoms with van der Waals surface area (Å²) in [6, 6.07) is 81.2. The minimum Gasteiger partial charge on any atom is -0.309 e. The third kappa shape index (κ3) is 4.52. The van der Waals surface area contributed by atoms with Gasteiger partial charge in [-0.1, -0.05) is 170 Å². The molecule has 3 heterocycles. The number of nitrogens with zero attached hydrogens (tertiary/aromatic N) is 2. The van der Waals surface area contributed by atoms with Gasteiger partial charge >= 0.3 is 0 Å². The summed E-state index contributed by atoms with van der Waals surface area (Å²) in [5.74, 6) is 0. The molecule has 1 aliphatic heterocycles. The summed E-state index contributed by atoms with van der Waals surface area (Å²) in [5.41, 5.74) is 12.3. The Morgan fingerprint density at radius 1 is 0.298 bits per heavy atom. The fraction of sp³-hybridized carbons (Fsp3) is 0. The molecule has 0 unspecified atom stereocenters. The molecule has 0 bridgehead atoms. The zero-order chi connectivity index (χ0) is 37.5. The lowest BCUT2D eigenvalue weighted by atomic mass is 10.0. The normalized spacial score (nSPS) is 13.1. The molecule has 2 nitrogen and oxygen atoms in total. The molecular formula is C54H36N2Si. The van der Waals surface area contributed by atoms with Gasteiger partial charge in [-0.05, 0) is 91.5 Å². The highest BCUT2D eigenvalue weighted by molar-refractivity contribution is 7.22. The van der Waals surface area contributed by atoms with Crippen molar-refractivity contribution in [3.63, 3.8) is 0 Å². The molecule has 0 radical (unpaired) electrons. The van der Waals surface area contributed by atoms with E-state index in [0.29, 0.717) is 0 Å². The van der Waals surface area contributed by atoms with Gasteiger partial charge in [0, 0.05) is 32.9 Å². The first-order chi connectivity index (χ1) is 28.3. The van der Waals surface area contributed by atoms with Crippen molar-refractivity contribution in [1.29, 1.82) is 0 Å². The molecule has 266 valence electrons. The lowest BCUT2D eigenvalue weighted by molar-refractivity contribution is 1.17. The number of hydrogen-bond donors (Lipinski definition) is 0. The Morgan fingerprint density at radius 2 is 0.789 bits per heavy atom. The van der Waals surface area contributed by atoms with Crippen LogP contribution in [0.5, 0.6) is 0 Å². The lowest BCUT2D eigenvalue weighted by Crippen LogP contribution is -2.72. The standard InChI is InChI=1S/C54H36N2Si/c1-4-17-37(18-5-1)38-19-16-20-39(35-38)55-47-28-13-10-26-45(47)53-49(55)33-34-50-54(53)46-27-11-14-29-48(46)56(50)40-31-32-44-43-25-12-15-30-51(43)57(52(44)36-40,41-21-6-2-7-22-41)42-23-8-3-9-24-42/h1-36H. The average Bonchev–Trinajstić information content (AvgIpc) is 3.91. The Balaban J connectivity index is 1.15. The van der Waals surface area contributed by atoms with Crippen molar-refractivity contribution in [2.75, 3.05) is 0 Å². The Hall–Kier alpha value is -7.20. The SMILES string of the molecule is c1ccc(-c2cccc(-n3c4ccccc4c4c5c6ccccc6n(-c6ccc7c(c6)[Si](c6ccccc6)(c6ccccc6)c6ccccc6-7)c5ccc43)c2)cc1. The van der Waals surface area contributed by atoms with Crippen LogP contribution in [0.25, 0.3) is 77.2 Å². The third-order valence-corrected chi connectivity index (χ3v) is 17.2. The molecule has 0 aliphatic carbocycles. The van der Waals surface area contributed by atoms with Crippen molar-refractivity contribution in [2.24, 2.45) is 0 Å². The summed E-state index contributed by atoms with van der Waals surface area (Å²) in [5, 5.41) is 10.8. The monoisotopic (exact) mass is 740 g/mol. The Bertz CT molecular complexity index is 3300. The van der Waals surface area contributed by atoms with E-state index in [0.717, 1.165) is 5.69 Å². The van der Waals surface area contributed by atoms with Crippen LogP contribution in [0.3, 0.4) is 0 Å². The summed E-state index contributed by atoms with van der Waals surface area (Å²) in [6.45, 7) is 0. The Kier molecular flexibility index (Phi) is 6.98. The Labute approximate surface area is 332 Å². The van der Waals surface area contributed by atoms with E-state index in [4.69, 9.17) is 0 Å². The lowest BCUT2D eigenvalue weighted by Gasteiger charge is -2.31. The van der Waals surface area contributed by atoms with Crippen LogP contribution in [0.2, 0.25) is 0 Å². The maximum absolute atomic E-state index is 2.66. The van der Waals surface area contributed by atoms with E-state index < -0.39 is 8.07 Å². The van der Waals surface area contributed by atoms with E-state index in [9.17, 15) is 0 Å². The summed E-state index contributed by atoms with van der Waals surface area (Å²) in [7, 11) is -2.66. The van der Waals surface area contributed by atoms with Gasteiger partial charge in [-0.3, -0.25) is 0 Å². The highest BCUT2D eigenvalue weighted by atomic mass is 28.3. The number of aromatic nitrogens is 2. The second-order valence-corrected chi connectivity index (χ2v) is 19.0. The fourth-order valence-corrected chi connectivity index (χ4v) is 15.3. The summed E-state index contributed by atoms with van der Waals surface area (Å²) in [4.78, 5) is 0. The van der Waals surface area contributed by atoms with Gasteiger partial charge in [0.15, 0.2) is 8.07 Å². The second-order valence-electron chi connectivity index (χ2n) is 15.2. The summed E-state index contributed by atoms with van der Waals surface area (Å²) in [6.07, 6.45) is 0. The maximum Gasteiger partial charge on any atom is 0.180 e. The fourth-order valence-electron chi connectivity index (χ4n) is 10.1. The predicted octanol–water partition coefficient (Wildman–Crippen LogP) is 10.9. The minimum absolute atomic E-state index is 1.16. The smallest absolute Gasteiger partial charge is 0.180 e. The van der Waals surface area contributed by atoms with Crippen LogP contribution >= 0.6 is 0 Å². The molecule has 0 atom stereocenters. The third-order valence-electron chi connectivity index (χ3n) is 12.4. The zero-order valence-electron chi connectivity index (χ0n) is 31.2. The molecule has 9 aromatic carbocycles. The van der Waals surface area contributed by atoms with Crippen LogP contribution in [0.4, 0.5) is 0 Å². The van der Waals surface area contributed by atoms with Crippen LogP contribution in [-0.2, 0) is 0 Å². The molecule has 0 saturated carbocycles. The van der Waals surface area contributed by atoms with E-state index in [2.05, 4.69) is 228 Å². The molecular weight excluding hydrogens is 705 g/mol. The number of hydrogen-bond acceptors (Lipinski definition) is 0. The second kappa shape index (κ2) is 12.4. The minimum atomic E-state index is -2.66. The highest BCUT2D eigenvalue weighted by Gasteiger charge is 2.48. The van der Waals surface area contributed by atoms with Crippen LogP contribution in [0.1, 0.15) is 0 Å². The summed E-state index contributed by atoms with van der Waals surface area (Å²) >= 11 is 0. The van der Waals surface area contributed by atoms with Crippen molar-refractivity contribution in [1.82, 2.24) is 9.13 Å². The van der Waals surface area contributed by atoms with Crippen LogP contribution in [0, 0.1) is 0 Å². The van der Waals surface area contributed by atoms with E-state index in [1.807, 2.05) is 0 Å². The average molecular weight is 741 g/mol. The largest absolute Gasteiger partial charge is 0.309 e. The van der Waals surface area contributed by atoms with Gasteiger partial charge in [-0.15, -0.1) is 0 Å². The number of para-hydroxylation sites is 2. The zero-order valence-corrected chi connectivity index (χ0v) is 32.2. The first-order valence-electron chi connectivity index (χ1n) is 19.8. The van der Waals surface area contributed by atoms with Crippen LogP contribution < -0.4 is 20.7 Å². The molecule has 12 rings (SSSR count). The first kappa shape index (κ1) is 32.1. The quantitative estimate of drug-likeness (QED) is 0.156. The van der Waals surface area contributed by atoms with Gasteiger partial charge in [0.25, 0.3) is 0 Å². The molecule has 0 spiro atoms. The van der Waals surface area contributed by atoms with Crippen molar-refractivity contribution < 1.29 is 0 Å². The maximum atomic E-state index is 2.54. The van der Waals surface area contributed by atoms with E-state index in [1.54, 1.807) is 0 Å². The van der Waals surface area contributed by atoms with Crippen molar-refractivity contribution in [3.8, 4) is 33.6 Å². The molecule has 0 fully saturated rings. The van der Waals surface area contributed by atoms with Gasteiger partial charge in [-0.25, -0.2) is 0 Å². The van der Waals surface area contributed by atoms with Crippen LogP contribution in [-0.4, -0.2) is 17.2 Å². The van der Waals surface area contributed by atoms with Gasteiger partial charge in [0.2, 0.25) is 0 Å². The van der Waals surface area contributed by atoms with Gasteiger partial charge < -0.3 is 9.13 Å². The van der Waals surface area contributed by atoms with Gasteiger partial charge in [0.1, 0.15) is 0 Å². The number of fused-ring (bicyclic) bond motifs is 10. The highest BCUT2D eigenvalue weighted by Crippen LogP contribution is 2.43. The molecule has 3 heteroatoms. The molecule has 0 amide bonds. The van der Waals surface area contributed by atoms with E-state index >= 15 is 0 Å². The van der Waals surface area contributed by atoms with Gasteiger partial charge in [0.05, 0.1) is 22.1 Å². The molecule has 11 aromatic rings. The van der Waals surface area contributed by atoms with E-state index in [-0.39, 0.29) is 0 Å². The molecule has 1 aliphatic rings. The molecule has 0 saturated heterocycles.